The van der Waals surface area contributed by atoms with Crippen molar-refractivity contribution in [2.45, 2.75) is 0 Å². The van der Waals surface area contributed by atoms with Gasteiger partial charge in [0.15, 0.2) is 0 Å². The van der Waals surface area contributed by atoms with Crippen molar-refractivity contribution in [1.82, 2.24) is 0 Å². The zero-order valence-electron chi connectivity index (χ0n) is 10.5. The Morgan fingerprint density at radius 2 is 1.68 bits per heavy atom. The summed E-state index contributed by atoms with van der Waals surface area (Å²) >= 11 is 1.80. The third-order valence-electron chi connectivity index (χ3n) is 3.62. The number of hydrogen-bond donors (Lipinski definition) is 0. The highest BCUT2D eigenvalue weighted by Crippen LogP contribution is 2.38. The van der Waals surface area contributed by atoms with Crippen LogP contribution in [0.3, 0.4) is 0 Å². The number of rotatable bonds is 1. The van der Waals surface area contributed by atoms with E-state index in [4.69, 9.17) is 4.74 Å². The lowest BCUT2D eigenvalue weighted by atomic mass is 10.00. The predicted molar refractivity (Wildman–Crippen MR) is 83.4 cm³/mol. The lowest BCUT2D eigenvalue weighted by Gasteiger charge is -2.10. The number of thiophene rings is 1. The van der Waals surface area contributed by atoms with E-state index >= 15 is 0 Å². The number of benzene rings is 3. The monoisotopic (exact) mass is 264 g/mol. The van der Waals surface area contributed by atoms with Crippen molar-refractivity contribution in [3.63, 3.8) is 0 Å². The Labute approximate surface area is 115 Å². The Morgan fingerprint density at radius 1 is 0.895 bits per heavy atom. The molecule has 0 bridgehead atoms. The van der Waals surface area contributed by atoms with E-state index in [1.807, 2.05) is 0 Å². The topological polar surface area (TPSA) is 9.23 Å². The lowest BCUT2D eigenvalue weighted by Crippen LogP contribution is -1.86. The Morgan fingerprint density at radius 3 is 2.53 bits per heavy atom. The molecule has 19 heavy (non-hydrogen) atoms. The molecule has 3 aromatic carbocycles. The van der Waals surface area contributed by atoms with Gasteiger partial charge in [-0.25, -0.2) is 0 Å². The molecule has 2 heteroatoms. The van der Waals surface area contributed by atoms with Crippen molar-refractivity contribution in [2.75, 3.05) is 7.11 Å². The van der Waals surface area contributed by atoms with E-state index in [-0.39, 0.29) is 0 Å². The summed E-state index contributed by atoms with van der Waals surface area (Å²) in [5.74, 6) is 0.944. The average molecular weight is 264 g/mol. The molecule has 0 saturated carbocycles. The minimum atomic E-state index is 0.944. The van der Waals surface area contributed by atoms with E-state index in [0.29, 0.717) is 0 Å². The first-order chi connectivity index (χ1) is 9.38. The normalized spacial score (nSPS) is 11.4. The number of hydrogen-bond acceptors (Lipinski definition) is 2. The van der Waals surface area contributed by atoms with Crippen LogP contribution >= 0.6 is 11.3 Å². The maximum atomic E-state index is 5.53. The van der Waals surface area contributed by atoms with Crippen LogP contribution in [0.2, 0.25) is 0 Å². The zero-order valence-corrected chi connectivity index (χ0v) is 11.3. The fourth-order valence-corrected chi connectivity index (χ4v) is 3.72. The van der Waals surface area contributed by atoms with E-state index in [1.54, 1.807) is 18.4 Å². The molecule has 0 aliphatic carbocycles. The van der Waals surface area contributed by atoms with Gasteiger partial charge in [0.2, 0.25) is 0 Å². The maximum Gasteiger partial charge on any atom is 0.127 e. The van der Waals surface area contributed by atoms with Crippen LogP contribution in [0.15, 0.2) is 53.9 Å². The molecule has 0 spiro atoms. The van der Waals surface area contributed by atoms with Crippen molar-refractivity contribution < 1.29 is 4.74 Å². The highest BCUT2D eigenvalue weighted by atomic mass is 32.1. The lowest BCUT2D eigenvalue weighted by molar-refractivity contribution is 0.420. The molecule has 1 nitrogen and oxygen atoms in total. The number of ether oxygens (including phenoxy) is 1. The largest absolute Gasteiger partial charge is 0.496 e. The molecular formula is C17H12OS. The third-order valence-corrected chi connectivity index (χ3v) is 4.57. The van der Waals surface area contributed by atoms with Crippen molar-refractivity contribution in [3.8, 4) is 5.75 Å². The summed E-state index contributed by atoms with van der Waals surface area (Å²) < 4.78 is 6.89. The molecular weight excluding hydrogens is 252 g/mol. The summed E-state index contributed by atoms with van der Waals surface area (Å²) in [4.78, 5) is 0. The number of fused-ring (bicyclic) bond motifs is 5. The highest BCUT2D eigenvalue weighted by Gasteiger charge is 2.10. The molecule has 0 atom stereocenters. The Bertz CT molecular complexity index is 905. The molecule has 0 aliphatic rings. The zero-order chi connectivity index (χ0) is 12.8. The van der Waals surface area contributed by atoms with Crippen LogP contribution in [-0.4, -0.2) is 7.11 Å². The van der Waals surface area contributed by atoms with Crippen LogP contribution in [0.25, 0.3) is 31.6 Å². The van der Waals surface area contributed by atoms with Gasteiger partial charge in [0.05, 0.1) is 7.11 Å². The molecule has 0 unspecified atom stereocenters. The van der Waals surface area contributed by atoms with Crippen molar-refractivity contribution >= 4 is 43.0 Å². The van der Waals surface area contributed by atoms with Crippen LogP contribution in [0.5, 0.6) is 5.75 Å². The van der Waals surface area contributed by atoms with E-state index in [2.05, 4.69) is 53.9 Å². The Hall–Kier alpha value is -2.06. The quantitative estimate of drug-likeness (QED) is 0.428. The van der Waals surface area contributed by atoms with E-state index < -0.39 is 0 Å². The summed E-state index contributed by atoms with van der Waals surface area (Å²) in [6.45, 7) is 0. The van der Waals surface area contributed by atoms with Crippen LogP contribution in [0.1, 0.15) is 0 Å². The summed E-state index contributed by atoms with van der Waals surface area (Å²) in [5.41, 5.74) is 0. The van der Waals surface area contributed by atoms with Gasteiger partial charge in [-0.3, -0.25) is 0 Å². The second-order valence-corrected chi connectivity index (χ2v) is 5.54. The molecule has 0 radical (unpaired) electrons. The fourth-order valence-electron chi connectivity index (χ4n) is 2.75. The molecule has 0 fully saturated rings. The van der Waals surface area contributed by atoms with Crippen molar-refractivity contribution in [3.05, 3.63) is 53.9 Å². The second kappa shape index (κ2) is 3.97. The second-order valence-electron chi connectivity index (χ2n) is 4.63. The van der Waals surface area contributed by atoms with Crippen molar-refractivity contribution in [1.29, 1.82) is 0 Å². The van der Waals surface area contributed by atoms with E-state index in [0.717, 1.165) is 5.75 Å². The third kappa shape index (κ3) is 1.47. The molecule has 92 valence electrons. The van der Waals surface area contributed by atoms with Gasteiger partial charge in [-0.2, -0.15) is 0 Å². The molecule has 4 aromatic rings. The van der Waals surface area contributed by atoms with Gasteiger partial charge in [0.25, 0.3) is 0 Å². The molecule has 4 rings (SSSR count). The fraction of sp³-hybridized carbons (Fsp3) is 0.0588. The smallest absolute Gasteiger partial charge is 0.127 e. The molecule has 0 saturated heterocycles. The van der Waals surface area contributed by atoms with Crippen LogP contribution in [-0.2, 0) is 0 Å². The van der Waals surface area contributed by atoms with Gasteiger partial charge in [-0.1, -0.05) is 36.4 Å². The van der Waals surface area contributed by atoms with Crippen LogP contribution in [0, 0.1) is 0 Å². The first kappa shape index (κ1) is 10.8. The van der Waals surface area contributed by atoms with E-state index in [1.165, 1.54) is 31.6 Å². The van der Waals surface area contributed by atoms with Crippen LogP contribution < -0.4 is 4.74 Å². The van der Waals surface area contributed by atoms with Gasteiger partial charge in [0, 0.05) is 15.5 Å². The van der Waals surface area contributed by atoms with Gasteiger partial charge >= 0.3 is 0 Å². The van der Waals surface area contributed by atoms with Gasteiger partial charge in [-0.05, 0) is 33.7 Å². The maximum absolute atomic E-state index is 5.53. The van der Waals surface area contributed by atoms with Gasteiger partial charge in [0.1, 0.15) is 5.75 Å². The first-order valence-corrected chi connectivity index (χ1v) is 7.12. The first-order valence-electron chi connectivity index (χ1n) is 6.24. The molecule has 0 N–H and O–H groups in total. The molecule has 1 aromatic heterocycles. The summed E-state index contributed by atoms with van der Waals surface area (Å²) in [5, 5.41) is 8.49. The summed E-state index contributed by atoms with van der Waals surface area (Å²) in [7, 11) is 1.73. The summed E-state index contributed by atoms with van der Waals surface area (Å²) in [6, 6.07) is 17.1. The molecule has 1 heterocycles. The minimum Gasteiger partial charge on any atom is -0.496 e. The Balaban J connectivity index is 2.35. The standard InChI is InChI=1S/C17H12OS/c1-18-15-10-12-7-6-11-8-9-19-17(11)16(12)14-5-3-2-4-13(14)15/h2-10H,1H3. The van der Waals surface area contributed by atoms with Crippen LogP contribution in [0.4, 0.5) is 0 Å². The van der Waals surface area contributed by atoms with Crippen molar-refractivity contribution in [2.24, 2.45) is 0 Å². The predicted octanol–water partition coefficient (Wildman–Crippen LogP) is 5.22. The average Bonchev–Trinajstić information content (AvgIpc) is 2.94. The van der Waals surface area contributed by atoms with E-state index in [9.17, 15) is 0 Å². The summed E-state index contributed by atoms with van der Waals surface area (Å²) in [6.07, 6.45) is 0. The molecule has 0 amide bonds. The van der Waals surface area contributed by atoms with Gasteiger partial charge < -0.3 is 4.74 Å². The molecule has 0 aliphatic heterocycles. The highest BCUT2D eigenvalue weighted by molar-refractivity contribution is 7.18. The van der Waals surface area contributed by atoms with Gasteiger partial charge in [-0.15, -0.1) is 11.3 Å². The SMILES string of the molecule is COc1cc2ccc3ccsc3c2c2ccccc12. The minimum absolute atomic E-state index is 0.944. The Kier molecular flexibility index (Phi) is 2.26. The number of methoxy groups -OCH3 is 1.